The smallest absolute Gasteiger partial charge is 0.137 e. The van der Waals surface area contributed by atoms with Gasteiger partial charge in [-0.25, -0.2) is 9.67 Å². The van der Waals surface area contributed by atoms with Crippen molar-refractivity contribution < 1.29 is 4.74 Å². The third-order valence-corrected chi connectivity index (χ3v) is 9.77. The molecule has 3 heterocycles. The summed E-state index contributed by atoms with van der Waals surface area (Å²) in [6.07, 6.45) is 1.91. The Morgan fingerprint density at radius 2 is 1.41 bits per heavy atom. The molecule has 0 atom stereocenters. The Kier molecular flexibility index (Phi) is 7.98. The van der Waals surface area contributed by atoms with Crippen molar-refractivity contribution in [3.8, 4) is 34.1 Å². The molecule has 0 saturated carbocycles. The molecule has 3 aromatic heterocycles. The van der Waals surface area contributed by atoms with Crippen molar-refractivity contribution in [2.75, 3.05) is 0 Å². The van der Waals surface area contributed by atoms with Crippen molar-refractivity contribution in [3.63, 3.8) is 0 Å². The molecule has 49 heavy (non-hydrogen) atoms. The number of aromatic nitrogens is 4. The van der Waals surface area contributed by atoms with Gasteiger partial charge in [0.15, 0.2) is 0 Å². The first-order chi connectivity index (χ1) is 23.3. The number of aryl methyl sites for hydroxylation is 4. The molecule has 0 fully saturated rings. The Labute approximate surface area is 290 Å². The molecule has 0 radical (unpaired) electrons. The number of hydrogen-bond donors (Lipinski definition) is 0. The van der Waals surface area contributed by atoms with Crippen molar-refractivity contribution in [2.24, 2.45) is 0 Å². The van der Waals surface area contributed by atoms with Gasteiger partial charge in [0.1, 0.15) is 17.3 Å². The molecule has 0 unspecified atom stereocenters. The highest BCUT2D eigenvalue weighted by Crippen LogP contribution is 2.39. The van der Waals surface area contributed by atoms with Crippen molar-refractivity contribution in [1.82, 2.24) is 19.3 Å². The van der Waals surface area contributed by atoms with Crippen molar-refractivity contribution in [2.45, 2.75) is 80.6 Å². The molecule has 248 valence electrons. The van der Waals surface area contributed by atoms with E-state index in [0.29, 0.717) is 5.92 Å². The van der Waals surface area contributed by atoms with Crippen LogP contribution >= 0.6 is 0 Å². The standard InChI is InChI=1S/C44H46N4O/c1-26(2)32-17-18-45-41(21-32)47-39-14-12-11-13-37(39)38-16-15-35(25-40(38)47)49-36-23-33(44(8,9)10)22-34(24-36)48-31(7)43(30(6)46-48)42-28(4)19-27(3)20-29(42)5/h11-26H,1-10H3. The van der Waals surface area contributed by atoms with Crippen LogP contribution in [0.2, 0.25) is 0 Å². The molecular formula is C44H46N4O. The lowest BCUT2D eigenvalue weighted by Crippen LogP contribution is -2.12. The van der Waals surface area contributed by atoms with Crippen LogP contribution in [0.3, 0.4) is 0 Å². The summed E-state index contributed by atoms with van der Waals surface area (Å²) in [4.78, 5) is 4.83. The minimum absolute atomic E-state index is 0.0966. The Bertz CT molecular complexity index is 2360. The molecule has 0 N–H and O–H groups in total. The van der Waals surface area contributed by atoms with Gasteiger partial charge in [-0.15, -0.1) is 0 Å². The van der Waals surface area contributed by atoms with Crippen LogP contribution in [0.5, 0.6) is 11.5 Å². The van der Waals surface area contributed by atoms with Crippen LogP contribution in [0.15, 0.2) is 91.1 Å². The summed E-state index contributed by atoms with van der Waals surface area (Å²) in [5.74, 6) is 2.86. The maximum atomic E-state index is 6.77. The van der Waals surface area contributed by atoms with E-state index in [-0.39, 0.29) is 5.41 Å². The lowest BCUT2D eigenvalue weighted by Gasteiger charge is -2.22. The van der Waals surface area contributed by atoms with E-state index in [9.17, 15) is 0 Å². The first-order valence-electron chi connectivity index (χ1n) is 17.3. The van der Waals surface area contributed by atoms with Gasteiger partial charge in [-0.3, -0.25) is 4.57 Å². The third-order valence-electron chi connectivity index (χ3n) is 9.77. The van der Waals surface area contributed by atoms with E-state index in [0.717, 1.165) is 45.4 Å². The lowest BCUT2D eigenvalue weighted by molar-refractivity contribution is 0.478. The average molecular weight is 647 g/mol. The fraction of sp³-hybridized carbons (Fsp3) is 0.273. The number of rotatable bonds is 6. The normalized spacial score (nSPS) is 12.1. The highest BCUT2D eigenvalue weighted by atomic mass is 16.5. The first kappa shape index (κ1) is 32.4. The van der Waals surface area contributed by atoms with Crippen molar-refractivity contribution >= 4 is 21.8 Å². The van der Waals surface area contributed by atoms with E-state index in [1.807, 2.05) is 6.20 Å². The minimum Gasteiger partial charge on any atom is -0.457 e. The molecule has 0 saturated heterocycles. The zero-order valence-electron chi connectivity index (χ0n) is 30.4. The minimum atomic E-state index is -0.0966. The quantitative estimate of drug-likeness (QED) is 0.181. The van der Waals surface area contributed by atoms with Gasteiger partial charge in [-0.2, -0.15) is 5.10 Å². The molecule has 0 spiro atoms. The summed E-state index contributed by atoms with van der Waals surface area (Å²) in [6.45, 7) is 22.0. The second-order valence-corrected chi connectivity index (χ2v) is 14.9. The predicted octanol–water partition coefficient (Wildman–Crippen LogP) is 11.8. The molecular weight excluding hydrogens is 601 g/mol. The summed E-state index contributed by atoms with van der Waals surface area (Å²) in [5, 5.41) is 7.47. The number of para-hydroxylation sites is 1. The fourth-order valence-corrected chi connectivity index (χ4v) is 7.34. The third kappa shape index (κ3) is 5.82. The second-order valence-electron chi connectivity index (χ2n) is 14.9. The number of nitrogens with zero attached hydrogens (tertiary/aromatic N) is 4. The van der Waals surface area contributed by atoms with Gasteiger partial charge in [-0.1, -0.05) is 70.5 Å². The van der Waals surface area contributed by atoms with E-state index in [1.165, 1.54) is 49.7 Å². The summed E-state index contributed by atoms with van der Waals surface area (Å²) in [7, 11) is 0. The molecule has 0 amide bonds. The first-order valence-corrected chi connectivity index (χ1v) is 17.3. The molecule has 5 heteroatoms. The number of pyridine rings is 1. The number of ether oxygens (including phenoxy) is 1. The van der Waals surface area contributed by atoms with E-state index in [4.69, 9.17) is 14.8 Å². The van der Waals surface area contributed by atoms with Gasteiger partial charge in [0.05, 0.1) is 22.4 Å². The van der Waals surface area contributed by atoms with Gasteiger partial charge < -0.3 is 4.74 Å². The van der Waals surface area contributed by atoms with E-state index in [2.05, 4.69) is 163 Å². The number of hydrogen-bond acceptors (Lipinski definition) is 3. The molecule has 0 aliphatic rings. The Balaban J connectivity index is 1.36. The van der Waals surface area contributed by atoms with Gasteiger partial charge >= 0.3 is 0 Å². The van der Waals surface area contributed by atoms with Crippen LogP contribution in [0, 0.1) is 34.6 Å². The van der Waals surface area contributed by atoms with Crippen LogP contribution in [0.4, 0.5) is 0 Å². The van der Waals surface area contributed by atoms with Crippen LogP contribution in [0.1, 0.15) is 79.7 Å². The zero-order valence-corrected chi connectivity index (χ0v) is 30.4. The zero-order chi connectivity index (χ0) is 34.8. The van der Waals surface area contributed by atoms with Gasteiger partial charge in [0.25, 0.3) is 0 Å². The van der Waals surface area contributed by atoms with Crippen LogP contribution in [-0.4, -0.2) is 19.3 Å². The van der Waals surface area contributed by atoms with Gasteiger partial charge in [0, 0.05) is 40.4 Å². The highest BCUT2D eigenvalue weighted by molar-refractivity contribution is 6.09. The maximum Gasteiger partial charge on any atom is 0.137 e. The molecule has 4 aromatic carbocycles. The van der Waals surface area contributed by atoms with E-state index in [1.54, 1.807) is 0 Å². The molecule has 0 aliphatic heterocycles. The average Bonchev–Trinajstić information content (AvgIpc) is 3.53. The SMILES string of the molecule is Cc1cc(C)c(-c2c(C)nn(-c3cc(Oc4ccc5c6ccccc6n(-c6cc(C(C)C)ccn6)c5c4)cc(C(C)(C)C)c3)c2C)c(C)c1. The topological polar surface area (TPSA) is 44.9 Å². The largest absolute Gasteiger partial charge is 0.457 e. The van der Waals surface area contributed by atoms with Gasteiger partial charge in [0.2, 0.25) is 0 Å². The maximum absolute atomic E-state index is 6.77. The van der Waals surface area contributed by atoms with Crippen LogP contribution < -0.4 is 4.74 Å². The molecule has 5 nitrogen and oxygen atoms in total. The van der Waals surface area contributed by atoms with E-state index < -0.39 is 0 Å². The van der Waals surface area contributed by atoms with Gasteiger partial charge in [-0.05, 0) is 116 Å². The number of fused-ring (bicyclic) bond motifs is 3. The van der Waals surface area contributed by atoms with Crippen LogP contribution in [-0.2, 0) is 5.41 Å². The highest BCUT2D eigenvalue weighted by Gasteiger charge is 2.22. The summed E-state index contributed by atoms with van der Waals surface area (Å²) in [5.41, 5.74) is 13.9. The monoisotopic (exact) mass is 646 g/mol. The predicted molar refractivity (Wildman–Crippen MR) is 204 cm³/mol. The second kappa shape index (κ2) is 12.1. The fourth-order valence-electron chi connectivity index (χ4n) is 7.34. The molecule has 7 aromatic rings. The summed E-state index contributed by atoms with van der Waals surface area (Å²) >= 11 is 0. The molecule has 7 rings (SSSR count). The van der Waals surface area contributed by atoms with Crippen molar-refractivity contribution in [3.05, 3.63) is 130 Å². The van der Waals surface area contributed by atoms with Crippen molar-refractivity contribution in [1.29, 1.82) is 0 Å². The molecule has 0 aliphatic carbocycles. The lowest BCUT2D eigenvalue weighted by atomic mass is 9.86. The Hall–Kier alpha value is -5.16. The Morgan fingerprint density at radius 3 is 2.12 bits per heavy atom. The molecule has 0 bridgehead atoms. The van der Waals surface area contributed by atoms with E-state index >= 15 is 0 Å². The van der Waals surface area contributed by atoms with Crippen LogP contribution in [0.25, 0.3) is 44.4 Å². The summed E-state index contributed by atoms with van der Waals surface area (Å²) < 4.78 is 11.1. The Morgan fingerprint density at radius 1 is 0.694 bits per heavy atom. The summed E-state index contributed by atoms with van der Waals surface area (Å²) in [6, 6.07) is 30.3. The number of benzene rings is 4.